The first-order chi connectivity index (χ1) is 6.48. The van der Waals surface area contributed by atoms with Gasteiger partial charge >= 0.3 is 8.80 Å². The first-order valence-corrected chi connectivity index (χ1v) is 7.00. The summed E-state index contributed by atoms with van der Waals surface area (Å²) in [6.07, 6.45) is -0.345. The fourth-order valence-electron chi connectivity index (χ4n) is 1.24. The van der Waals surface area contributed by atoms with Gasteiger partial charge in [0.15, 0.2) is 0 Å². The van der Waals surface area contributed by atoms with Gasteiger partial charge < -0.3 is 19.0 Å². The minimum absolute atomic E-state index is 0.230. The highest BCUT2D eigenvalue weighted by atomic mass is 28.4. The summed E-state index contributed by atoms with van der Waals surface area (Å²) in [5.74, 6) is 0. The second-order valence-corrected chi connectivity index (χ2v) is 6.62. The molecule has 0 bridgehead atoms. The molecule has 0 fully saturated rings. The van der Waals surface area contributed by atoms with E-state index in [1.165, 1.54) is 0 Å². The molecule has 0 aromatic carbocycles. The number of rotatable bonds is 7. The lowest BCUT2D eigenvalue weighted by atomic mass is 10.6. The van der Waals surface area contributed by atoms with E-state index in [0.717, 1.165) is 0 Å². The highest BCUT2D eigenvalue weighted by molar-refractivity contribution is 6.62. The van der Waals surface area contributed by atoms with Gasteiger partial charge in [-0.15, -0.1) is 0 Å². The van der Waals surface area contributed by atoms with Crippen LogP contribution in [-0.2, 0) is 13.3 Å². The van der Waals surface area contributed by atoms with E-state index < -0.39 is 8.80 Å². The van der Waals surface area contributed by atoms with Gasteiger partial charge in [-0.3, -0.25) is 0 Å². The van der Waals surface area contributed by atoms with Crippen LogP contribution in [0.25, 0.3) is 0 Å². The second-order valence-electron chi connectivity index (χ2n) is 3.45. The third kappa shape index (κ3) is 4.06. The molecule has 0 aromatic rings. The Morgan fingerprint density at radius 2 is 1.50 bits per heavy atom. The van der Waals surface area contributed by atoms with E-state index in [1.54, 1.807) is 6.92 Å². The first-order valence-electron chi connectivity index (χ1n) is 5.19. The van der Waals surface area contributed by atoms with Gasteiger partial charge in [0.05, 0.1) is 6.23 Å². The van der Waals surface area contributed by atoms with Crippen molar-refractivity contribution in [2.75, 3.05) is 13.2 Å². The van der Waals surface area contributed by atoms with E-state index in [2.05, 4.69) is 0 Å². The summed E-state index contributed by atoms with van der Waals surface area (Å²) in [5, 5.41) is 0. The molecule has 0 aliphatic rings. The number of hydrogen-bond donors (Lipinski definition) is 1. The molecule has 0 aliphatic carbocycles. The topological polar surface area (TPSA) is 53.7 Å². The van der Waals surface area contributed by atoms with Crippen molar-refractivity contribution in [3.8, 4) is 0 Å². The van der Waals surface area contributed by atoms with Crippen LogP contribution in [0.3, 0.4) is 0 Å². The molecule has 1 unspecified atom stereocenters. The van der Waals surface area contributed by atoms with Crippen molar-refractivity contribution in [3.63, 3.8) is 0 Å². The summed E-state index contributed by atoms with van der Waals surface area (Å²) in [5.41, 5.74) is 5.86. The van der Waals surface area contributed by atoms with Crippen LogP contribution in [-0.4, -0.2) is 28.2 Å². The van der Waals surface area contributed by atoms with E-state index in [9.17, 15) is 0 Å². The maximum Gasteiger partial charge on any atom is 0.504 e. The van der Waals surface area contributed by atoms with Crippen molar-refractivity contribution >= 4 is 8.80 Å². The zero-order valence-corrected chi connectivity index (χ0v) is 10.9. The summed E-state index contributed by atoms with van der Waals surface area (Å²) in [4.78, 5) is 0. The summed E-state index contributed by atoms with van der Waals surface area (Å²) in [6, 6.07) is 0. The fraction of sp³-hybridized carbons (Fsp3) is 1.00. The fourth-order valence-corrected chi connectivity index (χ4v) is 3.72. The third-order valence-corrected chi connectivity index (χ3v) is 5.24. The normalized spacial score (nSPS) is 14.8. The highest BCUT2D eigenvalue weighted by Crippen LogP contribution is 2.25. The average Bonchev–Trinajstić information content (AvgIpc) is 2.03. The van der Waals surface area contributed by atoms with Gasteiger partial charge in [0, 0.05) is 18.8 Å². The Morgan fingerprint density at radius 3 is 1.71 bits per heavy atom. The molecule has 0 radical (unpaired) electrons. The predicted octanol–water partition coefficient (Wildman–Crippen LogP) is 1.73. The SMILES string of the molecule is CCO[Si](OCC)(OC(C)N)C(C)C. The van der Waals surface area contributed by atoms with Crippen LogP contribution in [0.4, 0.5) is 0 Å². The third-order valence-electron chi connectivity index (χ3n) is 1.75. The van der Waals surface area contributed by atoms with E-state index in [1.807, 2.05) is 27.7 Å². The van der Waals surface area contributed by atoms with E-state index >= 15 is 0 Å². The van der Waals surface area contributed by atoms with Gasteiger partial charge in [-0.05, 0) is 20.8 Å². The van der Waals surface area contributed by atoms with E-state index in [4.69, 9.17) is 19.0 Å². The maximum absolute atomic E-state index is 5.66. The van der Waals surface area contributed by atoms with Crippen LogP contribution >= 0.6 is 0 Å². The highest BCUT2D eigenvalue weighted by Gasteiger charge is 2.45. The van der Waals surface area contributed by atoms with Gasteiger partial charge in [0.25, 0.3) is 0 Å². The molecule has 0 saturated heterocycles. The van der Waals surface area contributed by atoms with Gasteiger partial charge in [-0.1, -0.05) is 13.8 Å². The maximum atomic E-state index is 5.66. The zero-order chi connectivity index (χ0) is 11.2. The van der Waals surface area contributed by atoms with Crippen LogP contribution < -0.4 is 5.73 Å². The van der Waals surface area contributed by atoms with Crippen LogP contribution in [0.1, 0.15) is 34.6 Å². The van der Waals surface area contributed by atoms with Crippen molar-refractivity contribution in [1.82, 2.24) is 0 Å². The van der Waals surface area contributed by atoms with Gasteiger partial charge in [-0.25, -0.2) is 0 Å². The monoisotopic (exact) mass is 221 g/mol. The lowest BCUT2D eigenvalue weighted by Crippen LogP contribution is -2.52. The predicted molar refractivity (Wildman–Crippen MR) is 58.8 cm³/mol. The van der Waals surface area contributed by atoms with E-state index in [-0.39, 0.29) is 11.8 Å². The largest absolute Gasteiger partial charge is 0.504 e. The molecule has 0 aliphatic heterocycles. The molecular weight excluding hydrogens is 198 g/mol. The number of nitrogens with two attached hydrogens (primary N) is 1. The molecule has 0 spiro atoms. The Balaban J connectivity index is 4.55. The summed E-state index contributed by atoms with van der Waals surface area (Å²) in [7, 11) is -2.56. The molecule has 0 heterocycles. The van der Waals surface area contributed by atoms with Crippen molar-refractivity contribution in [1.29, 1.82) is 0 Å². The Labute approximate surface area is 88.1 Å². The van der Waals surface area contributed by atoms with Crippen LogP contribution in [0.2, 0.25) is 5.54 Å². The number of hydrogen-bond acceptors (Lipinski definition) is 4. The lowest BCUT2D eigenvalue weighted by molar-refractivity contribution is 0.0341. The Morgan fingerprint density at radius 1 is 1.07 bits per heavy atom. The molecular formula is C9H23NO3Si. The van der Waals surface area contributed by atoms with Crippen LogP contribution in [0.15, 0.2) is 0 Å². The molecule has 1 atom stereocenters. The Bertz CT molecular complexity index is 147. The lowest BCUT2D eigenvalue weighted by Gasteiger charge is -2.33. The average molecular weight is 221 g/mol. The molecule has 4 nitrogen and oxygen atoms in total. The molecule has 0 rings (SSSR count). The summed E-state index contributed by atoms with van der Waals surface area (Å²) >= 11 is 0. The van der Waals surface area contributed by atoms with Crippen molar-refractivity contribution in [3.05, 3.63) is 0 Å². The summed E-state index contributed by atoms with van der Waals surface area (Å²) < 4.78 is 17.0. The van der Waals surface area contributed by atoms with Crippen LogP contribution in [0, 0.1) is 0 Å². The van der Waals surface area contributed by atoms with Crippen LogP contribution in [0.5, 0.6) is 0 Å². The van der Waals surface area contributed by atoms with Crippen molar-refractivity contribution in [2.24, 2.45) is 5.73 Å². The standard InChI is InChI=1S/C9H23NO3Si/c1-6-11-14(8(3)4,12-7-2)13-9(5)10/h8-9H,6-7,10H2,1-5H3. The molecule has 0 amide bonds. The molecule has 0 aromatic heterocycles. The first kappa shape index (κ1) is 14.1. The second kappa shape index (κ2) is 6.52. The minimum atomic E-state index is -2.56. The van der Waals surface area contributed by atoms with Gasteiger partial charge in [0.2, 0.25) is 0 Å². The molecule has 0 saturated carbocycles. The molecule has 86 valence electrons. The quantitative estimate of drug-likeness (QED) is 0.525. The van der Waals surface area contributed by atoms with Crippen molar-refractivity contribution in [2.45, 2.75) is 46.4 Å². The van der Waals surface area contributed by atoms with Crippen molar-refractivity contribution < 1.29 is 13.3 Å². The Hall–Kier alpha value is 0.0569. The van der Waals surface area contributed by atoms with Gasteiger partial charge in [0.1, 0.15) is 0 Å². The van der Waals surface area contributed by atoms with E-state index in [0.29, 0.717) is 13.2 Å². The molecule has 14 heavy (non-hydrogen) atoms. The minimum Gasteiger partial charge on any atom is -0.374 e. The summed E-state index contributed by atoms with van der Waals surface area (Å²) in [6.45, 7) is 10.9. The van der Waals surface area contributed by atoms with Gasteiger partial charge in [-0.2, -0.15) is 0 Å². The Kier molecular flexibility index (Phi) is 6.55. The molecule has 2 N–H and O–H groups in total. The smallest absolute Gasteiger partial charge is 0.374 e. The zero-order valence-electron chi connectivity index (χ0n) is 9.87. The molecule has 5 heteroatoms.